The fourth-order valence-electron chi connectivity index (χ4n) is 3.64. The molecule has 0 atom stereocenters. The van der Waals surface area contributed by atoms with Gasteiger partial charge >= 0.3 is 0 Å². The van der Waals surface area contributed by atoms with Crippen molar-refractivity contribution in [3.63, 3.8) is 0 Å². The van der Waals surface area contributed by atoms with Crippen LogP contribution in [0.5, 0.6) is 11.5 Å². The number of fused-ring (bicyclic) bond motifs is 1. The van der Waals surface area contributed by atoms with Gasteiger partial charge in [0.2, 0.25) is 0 Å². The Labute approximate surface area is 171 Å². The maximum absolute atomic E-state index is 13.2. The molecule has 3 rings (SSSR count). The highest BCUT2D eigenvalue weighted by atomic mass is 16.5. The zero-order valence-corrected chi connectivity index (χ0v) is 17.5. The molecule has 0 spiro atoms. The van der Waals surface area contributed by atoms with Crippen molar-refractivity contribution >= 4 is 5.91 Å². The number of carbonyl (C=O) groups excluding carboxylic acids is 1. The first-order chi connectivity index (χ1) is 14.0. The zero-order valence-electron chi connectivity index (χ0n) is 17.5. The zero-order chi connectivity index (χ0) is 20.8. The summed E-state index contributed by atoms with van der Waals surface area (Å²) in [6.07, 6.45) is 3.65. The molecule has 2 heterocycles. The number of hydrogen-bond acceptors (Lipinski definition) is 4. The van der Waals surface area contributed by atoms with Crippen LogP contribution in [-0.2, 0) is 19.5 Å². The van der Waals surface area contributed by atoms with Gasteiger partial charge < -0.3 is 19.4 Å². The van der Waals surface area contributed by atoms with E-state index in [2.05, 4.69) is 5.32 Å². The molecule has 0 radical (unpaired) electrons. The van der Waals surface area contributed by atoms with E-state index < -0.39 is 0 Å². The van der Waals surface area contributed by atoms with Crippen LogP contribution in [0.4, 0.5) is 0 Å². The van der Waals surface area contributed by atoms with Gasteiger partial charge in [-0.2, -0.15) is 0 Å². The molecular formula is C23H30N2O4. The third-order valence-electron chi connectivity index (χ3n) is 5.11. The maximum Gasteiger partial charge on any atom is 0.257 e. The van der Waals surface area contributed by atoms with Gasteiger partial charge in [-0.15, -0.1) is 0 Å². The third kappa shape index (κ3) is 5.00. The summed E-state index contributed by atoms with van der Waals surface area (Å²) < 4.78 is 13.0. The predicted molar refractivity (Wildman–Crippen MR) is 113 cm³/mol. The van der Waals surface area contributed by atoms with Crippen LogP contribution >= 0.6 is 0 Å². The van der Waals surface area contributed by atoms with E-state index in [0.29, 0.717) is 43.3 Å². The monoisotopic (exact) mass is 398 g/mol. The number of carbonyl (C=O) groups is 1. The highest BCUT2D eigenvalue weighted by Crippen LogP contribution is 2.26. The van der Waals surface area contributed by atoms with E-state index in [1.54, 1.807) is 11.7 Å². The van der Waals surface area contributed by atoms with Gasteiger partial charge in [0.25, 0.3) is 11.5 Å². The molecule has 0 fully saturated rings. The van der Waals surface area contributed by atoms with Crippen LogP contribution in [0.1, 0.15) is 54.7 Å². The van der Waals surface area contributed by atoms with E-state index in [-0.39, 0.29) is 11.5 Å². The number of ether oxygens (including phenoxy) is 2. The predicted octanol–water partition coefficient (Wildman–Crippen LogP) is 3.55. The van der Waals surface area contributed by atoms with Crippen LogP contribution in [-0.4, -0.2) is 24.2 Å². The largest absolute Gasteiger partial charge is 0.496 e. The first-order valence-corrected chi connectivity index (χ1v) is 10.3. The fraction of sp³-hybridized carbons (Fsp3) is 0.478. The summed E-state index contributed by atoms with van der Waals surface area (Å²) in [7, 11) is 1.61. The summed E-state index contributed by atoms with van der Waals surface area (Å²) in [5.74, 6) is 1.18. The first kappa shape index (κ1) is 21.0. The highest BCUT2D eigenvalue weighted by Gasteiger charge is 2.24. The minimum absolute atomic E-state index is 0.0954. The summed E-state index contributed by atoms with van der Waals surface area (Å²) in [5.41, 5.74) is 2.07. The molecule has 0 bridgehead atoms. The SMILES string of the molecule is COc1ccccc1CNC(=O)c1c(OCC(C)C)cc(=O)n2c1CCCCC2. The minimum atomic E-state index is -0.222. The molecule has 1 amide bonds. The minimum Gasteiger partial charge on any atom is -0.496 e. The van der Waals surface area contributed by atoms with Crippen molar-refractivity contribution in [3.8, 4) is 11.5 Å². The van der Waals surface area contributed by atoms with Crippen molar-refractivity contribution in [2.24, 2.45) is 5.92 Å². The molecule has 6 nitrogen and oxygen atoms in total. The van der Waals surface area contributed by atoms with Gasteiger partial charge in [-0.3, -0.25) is 9.59 Å². The summed E-state index contributed by atoms with van der Waals surface area (Å²) in [6, 6.07) is 9.06. The van der Waals surface area contributed by atoms with Crippen molar-refractivity contribution in [2.45, 2.75) is 52.6 Å². The molecule has 156 valence electrons. The van der Waals surface area contributed by atoms with Gasteiger partial charge in [0, 0.05) is 30.4 Å². The van der Waals surface area contributed by atoms with Crippen molar-refractivity contribution in [1.82, 2.24) is 9.88 Å². The van der Waals surface area contributed by atoms with Crippen LogP contribution in [0.25, 0.3) is 0 Å². The normalized spacial score (nSPS) is 13.5. The molecule has 0 aliphatic carbocycles. The Balaban J connectivity index is 1.94. The molecule has 0 saturated heterocycles. The van der Waals surface area contributed by atoms with Crippen LogP contribution in [0, 0.1) is 5.92 Å². The Morgan fingerprint density at radius 3 is 2.72 bits per heavy atom. The Morgan fingerprint density at radius 1 is 1.17 bits per heavy atom. The van der Waals surface area contributed by atoms with E-state index in [4.69, 9.17) is 9.47 Å². The van der Waals surface area contributed by atoms with Gasteiger partial charge in [-0.25, -0.2) is 0 Å². The first-order valence-electron chi connectivity index (χ1n) is 10.3. The lowest BCUT2D eigenvalue weighted by Crippen LogP contribution is -2.31. The molecule has 1 N–H and O–H groups in total. The summed E-state index contributed by atoms with van der Waals surface area (Å²) in [5, 5.41) is 2.99. The van der Waals surface area contributed by atoms with Crippen LogP contribution in [0.2, 0.25) is 0 Å². The standard InChI is InChI=1S/C23H30N2O4/c1-16(2)15-29-20-13-21(26)25-12-8-4-5-10-18(25)22(20)23(27)24-14-17-9-6-7-11-19(17)28-3/h6-7,9,11,13,16H,4-5,8,10,12,14-15H2,1-3H3,(H,24,27). The lowest BCUT2D eigenvalue weighted by molar-refractivity contribution is 0.0943. The van der Waals surface area contributed by atoms with E-state index in [9.17, 15) is 9.59 Å². The second-order valence-corrected chi connectivity index (χ2v) is 7.83. The summed E-state index contributed by atoms with van der Waals surface area (Å²) >= 11 is 0. The molecule has 1 aliphatic rings. The van der Waals surface area contributed by atoms with E-state index in [0.717, 1.165) is 36.3 Å². The number of hydrogen-bond donors (Lipinski definition) is 1. The van der Waals surface area contributed by atoms with Crippen molar-refractivity contribution in [1.29, 1.82) is 0 Å². The van der Waals surface area contributed by atoms with Gasteiger partial charge in [-0.1, -0.05) is 38.5 Å². The lowest BCUT2D eigenvalue weighted by Gasteiger charge is -2.19. The molecule has 6 heteroatoms. The van der Waals surface area contributed by atoms with Crippen LogP contribution in [0.3, 0.4) is 0 Å². The van der Waals surface area contributed by atoms with Gasteiger partial charge in [0.1, 0.15) is 17.1 Å². The van der Waals surface area contributed by atoms with Crippen LogP contribution < -0.4 is 20.3 Å². The third-order valence-corrected chi connectivity index (χ3v) is 5.11. The average Bonchev–Trinajstić information content (AvgIpc) is 2.97. The smallest absolute Gasteiger partial charge is 0.257 e. The second kappa shape index (κ2) is 9.63. The number of nitrogens with zero attached hydrogens (tertiary/aromatic N) is 1. The maximum atomic E-state index is 13.2. The molecule has 2 aromatic rings. The number of nitrogens with one attached hydrogen (secondary N) is 1. The Hall–Kier alpha value is -2.76. The van der Waals surface area contributed by atoms with E-state index in [1.165, 1.54) is 6.07 Å². The van der Waals surface area contributed by atoms with Gasteiger partial charge in [-0.05, 0) is 31.2 Å². The number of rotatable bonds is 7. The number of para-hydroxylation sites is 1. The molecule has 29 heavy (non-hydrogen) atoms. The molecule has 0 saturated carbocycles. The van der Waals surface area contributed by atoms with Gasteiger partial charge in [0.15, 0.2) is 0 Å². The Kier molecular flexibility index (Phi) is 6.96. The van der Waals surface area contributed by atoms with Gasteiger partial charge in [0.05, 0.1) is 13.7 Å². The summed E-state index contributed by atoms with van der Waals surface area (Å²) in [6.45, 7) is 5.52. The molecule has 1 aromatic carbocycles. The number of pyridine rings is 1. The fourth-order valence-corrected chi connectivity index (χ4v) is 3.64. The number of aromatic nitrogens is 1. The van der Waals surface area contributed by atoms with E-state index in [1.807, 2.05) is 38.1 Å². The average molecular weight is 399 g/mol. The summed E-state index contributed by atoms with van der Waals surface area (Å²) in [4.78, 5) is 25.9. The van der Waals surface area contributed by atoms with E-state index >= 15 is 0 Å². The molecular weight excluding hydrogens is 368 g/mol. The quantitative estimate of drug-likeness (QED) is 0.774. The second-order valence-electron chi connectivity index (χ2n) is 7.83. The van der Waals surface area contributed by atoms with Crippen molar-refractivity contribution in [2.75, 3.05) is 13.7 Å². The molecule has 1 aliphatic heterocycles. The van der Waals surface area contributed by atoms with Crippen molar-refractivity contribution < 1.29 is 14.3 Å². The number of benzene rings is 1. The Morgan fingerprint density at radius 2 is 1.97 bits per heavy atom. The molecule has 1 aromatic heterocycles. The topological polar surface area (TPSA) is 69.6 Å². The Bertz CT molecular complexity index is 918. The number of methoxy groups -OCH3 is 1. The lowest BCUT2D eigenvalue weighted by atomic mass is 10.1. The van der Waals surface area contributed by atoms with Crippen molar-refractivity contribution in [3.05, 3.63) is 57.5 Å². The highest BCUT2D eigenvalue weighted by molar-refractivity contribution is 5.98. The number of amides is 1. The van der Waals surface area contributed by atoms with Crippen LogP contribution in [0.15, 0.2) is 35.1 Å². The molecule has 0 unspecified atom stereocenters.